The van der Waals surface area contributed by atoms with Crippen molar-refractivity contribution < 1.29 is 13.0 Å². The Bertz CT molecular complexity index is 795. The third kappa shape index (κ3) is 6.95. The van der Waals surface area contributed by atoms with Crippen molar-refractivity contribution in [2.45, 2.75) is 38.1 Å². The SMILES string of the molecule is CC(C)SNCC(C)(F)c1ccc(-c2ccc(CCNS(C)=O)c(F)c2)cc1. The lowest BCUT2D eigenvalue weighted by Crippen LogP contribution is -2.29. The second-order valence-electron chi connectivity index (χ2n) is 7.17. The molecule has 2 rings (SSSR count). The highest BCUT2D eigenvalue weighted by Gasteiger charge is 2.25. The zero-order valence-electron chi connectivity index (χ0n) is 16.7. The fourth-order valence-corrected chi connectivity index (χ4v) is 3.79. The Hall–Kier alpha value is -1.28. The average Bonchev–Trinajstić information content (AvgIpc) is 2.62. The molecule has 0 aliphatic heterocycles. The van der Waals surface area contributed by atoms with Gasteiger partial charge in [-0.05, 0) is 41.7 Å². The van der Waals surface area contributed by atoms with Crippen LogP contribution in [0.3, 0.4) is 0 Å². The van der Waals surface area contributed by atoms with Gasteiger partial charge in [-0.15, -0.1) is 0 Å². The number of nitrogens with one attached hydrogen (secondary N) is 2. The van der Waals surface area contributed by atoms with Crippen molar-refractivity contribution in [1.29, 1.82) is 0 Å². The fourth-order valence-electron chi connectivity index (χ4n) is 2.72. The molecule has 2 unspecified atom stereocenters. The van der Waals surface area contributed by atoms with E-state index >= 15 is 0 Å². The number of hydrogen-bond donors (Lipinski definition) is 2. The van der Waals surface area contributed by atoms with Crippen LogP contribution in [0.1, 0.15) is 31.9 Å². The van der Waals surface area contributed by atoms with Gasteiger partial charge in [-0.25, -0.2) is 17.7 Å². The Kier molecular flexibility index (Phi) is 8.61. The van der Waals surface area contributed by atoms with Gasteiger partial charge in [0.2, 0.25) is 0 Å². The lowest BCUT2D eigenvalue weighted by atomic mass is 9.95. The van der Waals surface area contributed by atoms with Gasteiger partial charge in [0.25, 0.3) is 0 Å². The van der Waals surface area contributed by atoms with Crippen molar-refractivity contribution in [3.8, 4) is 11.1 Å². The molecule has 0 spiro atoms. The average molecular weight is 427 g/mol. The zero-order valence-corrected chi connectivity index (χ0v) is 18.4. The maximum atomic E-state index is 14.9. The summed E-state index contributed by atoms with van der Waals surface area (Å²) >= 11 is 1.51. The first-order valence-corrected chi connectivity index (χ1v) is 11.7. The van der Waals surface area contributed by atoms with Gasteiger partial charge in [-0.1, -0.05) is 62.2 Å². The minimum absolute atomic E-state index is 0.217. The van der Waals surface area contributed by atoms with Gasteiger partial charge in [0.05, 0.1) is 11.0 Å². The van der Waals surface area contributed by atoms with Crippen LogP contribution >= 0.6 is 11.9 Å². The first-order chi connectivity index (χ1) is 13.2. The minimum Gasteiger partial charge on any atom is -0.260 e. The van der Waals surface area contributed by atoms with Crippen molar-refractivity contribution in [2.75, 3.05) is 19.3 Å². The van der Waals surface area contributed by atoms with Crippen LogP contribution in [0.15, 0.2) is 42.5 Å². The molecule has 0 bridgehead atoms. The summed E-state index contributed by atoms with van der Waals surface area (Å²) in [6, 6.07) is 12.2. The van der Waals surface area contributed by atoms with E-state index in [1.165, 1.54) is 18.0 Å². The molecule has 0 aromatic heterocycles. The Morgan fingerprint density at radius 3 is 2.36 bits per heavy atom. The second-order valence-corrected chi connectivity index (χ2v) is 9.83. The summed E-state index contributed by atoms with van der Waals surface area (Å²) in [5.74, 6) is -0.296. The van der Waals surface area contributed by atoms with Gasteiger partial charge >= 0.3 is 0 Å². The van der Waals surface area contributed by atoms with E-state index in [2.05, 4.69) is 9.44 Å². The first-order valence-electron chi connectivity index (χ1n) is 9.23. The van der Waals surface area contributed by atoms with E-state index in [1.54, 1.807) is 31.4 Å². The maximum Gasteiger partial charge on any atom is 0.146 e. The Morgan fingerprint density at radius 1 is 1.14 bits per heavy atom. The second kappa shape index (κ2) is 10.5. The highest BCUT2D eigenvalue weighted by molar-refractivity contribution is 7.97. The summed E-state index contributed by atoms with van der Waals surface area (Å²) in [5, 5.41) is 0.385. The summed E-state index contributed by atoms with van der Waals surface area (Å²) in [6.45, 7) is 6.32. The van der Waals surface area contributed by atoms with E-state index in [0.717, 1.165) is 11.1 Å². The molecule has 0 fully saturated rings. The molecule has 28 heavy (non-hydrogen) atoms. The topological polar surface area (TPSA) is 41.1 Å². The fraction of sp³-hybridized carbons (Fsp3) is 0.429. The molecular formula is C21H28F2N2OS2. The summed E-state index contributed by atoms with van der Waals surface area (Å²) in [5.41, 5.74) is 1.26. The van der Waals surface area contributed by atoms with E-state index < -0.39 is 16.7 Å². The molecule has 154 valence electrons. The maximum absolute atomic E-state index is 14.9. The monoisotopic (exact) mass is 426 g/mol. The van der Waals surface area contributed by atoms with Crippen LogP contribution in [0.5, 0.6) is 0 Å². The Balaban J connectivity index is 2.06. The third-order valence-electron chi connectivity index (χ3n) is 4.30. The minimum atomic E-state index is -1.48. The third-order valence-corrected chi connectivity index (χ3v) is 5.69. The lowest BCUT2D eigenvalue weighted by molar-refractivity contribution is 0.198. The van der Waals surface area contributed by atoms with Crippen LogP contribution in [0.4, 0.5) is 8.78 Å². The molecule has 0 radical (unpaired) electrons. The molecule has 0 saturated heterocycles. The number of alkyl halides is 1. The van der Waals surface area contributed by atoms with Gasteiger partial charge in [-0.3, -0.25) is 4.72 Å². The summed E-state index contributed by atoms with van der Waals surface area (Å²) in [7, 11) is -1.10. The van der Waals surface area contributed by atoms with E-state index in [4.69, 9.17) is 0 Å². The Labute approximate surface area is 173 Å². The van der Waals surface area contributed by atoms with Crippen LogP contribution in [0, 0.1) is 5.82 Å². The smallest absolute Gasteiger partial charge is 0.146 e. The van der Waals surface area contributed by atoms with Crippen LogP contribution < -0.4 is 9.44 Å². The van der Waals surface area contributed by atoms with Crippen LogP contribution in [0.2, 0.25) is 0 Å². The largest absolute Gasteiger partial charge is 0.260 e. The summed E-state index contributed by atoms with van der Waals surface area (Å²) in [6.07, 6.45) is 2.01. The predicted molar refractivity (Wildman–Crippen MR) is 117 cm³/mol. The highest BCUT2D eigenvalue weighted by Crippen LogP contribution is 2.29. The van der Waals surface area contributed by atoms with Crippen LogP contribution in [0.25, 0.3) is 11.1 Å². The molecule has 0 aliphatic carbocycles. The van der Waals surface area contributed by atoms with Crippen LogP contribution in [-0.4, -0.2) is 28.8 Å². The normalized spacial score (nSPS) is 14.8. The first kappa shape index (κ1) is 23.0. The molecule has 2 atom stereocenters. The number of halogens is 2. The van der Waals surface area contributed by atoms with E-state index in [9.17, 15) is 13.0 Å². The molecule has 0 aliphatic rings. The molecular weight excluding hydrogens is 398 g/mol. The van der Waals surface area contributed by atoms with Gasteiger partial charge in [0, 0.05) is 24.6 Å². The number of rotatable bonds is 10. The van der Waals surface area contributed by atoms with Crippen molar-refractivity contribution in [2.24, 2.45) is 0 Å². The van der Waals surface area contributed by atoms with E-state index in [-0.39, 0.29) is 12.4 Å². The zero-order chi connectivity index (χ0) is 20.7. The number of benzene rings is 2. The van der Waals surface area contributed by atoms with Crippen molar-refractivity contribution in [3.05, 3.63) is 59.4 Å². The van der Waals surface area contributed by atoms with E-state index in [1.807, 2.05) is 32.0 Å². The number of hydrogen-bond acceptors (Lipinski definition) is 3. The van der Waals surface area contributed by atoms with Gasteiger partial charge in [0.15, 0.2) is 0 Å². The molecule has 2 aromatic rings. The van der Waals surface area contributed by atoms with Crippen LogP contribution in [-0.2, 0) is 23.1 Å². The quantitative estimate of drug-likeness (QED) is 0.539. The molecule has 7 heteroatoms. The van der Waals surface area contributed by atoms with Crippen molar-refractivity contribution in [3.63, 3.8) is 0 Å². The molecule has 3 nitrogen and oxygen atoms in total. The lowest BCUT2D eigenvalue weighted by Gasteiger charge is -2.22. The van der Waals surface area contributed by atoms with Gasteiger partial charge in [0.1, 0.15) is 11.5 Å². The predicted octanol–water partition coefficient (Wildman–Crippen LogP) is 4.75. The highest BCUT2D eigenvalue weighted by atomic mass is 32.2. The van der Waals surface area contributed by atoms with Crippen molar-refractivity contribution >= 4 is 22.9 Å². The van der Waals surface area contributed by atoms with Gasteiger partial charge < -0.3 is 0 Å². The Morgan fingerprint density at radius 2 is 1.79 bits per heavy atom. The standard InChI is InChI=1S/C21H28F2N2OS2/c1-15(2)27-24-14-21(3,23)19-9-7-16(8-10-19)18-6-5-17(20(22)13-18)11-12-25-28(4)26/h5-10,13,15,24-25H,11-12,14H2,1-4H3. The van der Waals surface area contributed by atoms with Crippen molar-refractivity contribution in [1.82, 2.24) is 9.44 Å². The molecule has 0 heterocycles. The summed E-state index contributed by atoms with van der Waals surface area (Å²) < 4.78 is 46.2. The molecule has 0 saturated carbocycles. The molecule has 2 N–H and O–H groups in total. The summed E-state index contributed by atoms with van der Waals surface area (Å²) in [4.78, 5) is 0. The van der Waals surface area contributed by atoms with Gasteiger partial charge in [-0.2, -0.15) is 0 Å². The molecule has 2 aromatic carbocycles. The van der Waals surface area contributed by atoms with E-state index in [0.29, 0.717) is 29.3 Å². The molecule has 0 amide bonds.